The number of rotatable bonds is 4. The van der Waals surface area contributed by atoms with E-state index in [2.05, 4.69) is 0 Å². The van der Waals surface area contributed by atoms with Gasteiger partial charge in [0.2, 0.25) is 0 Å². The van der Waals surface area contributed by atoms with E-state index in [0.29, 0.717) is 6.42 Å². The number of carbonyl (C=O) groups is 3. The highest BCUT2D eigenvalue weighted by Crippen LogP contribution is 2.36. The molecule has 0 aromatic heterocycles. The van der Waals surface area contributed by atoms with Gasteiger partial charge in [0.05, 0.1) is 0 Å². The molecule has 1 fully saturated rings. The molecule has 2 atom stereocenters. The number of nitrogens with zero attached hydrogens (tertiary/aromatic N) is 1. The average molecular weight is 378 g/mol. The first kappa shape index (κ1) is 20.7. The van der Waals surface area contributed by atoms with E-state index in [4.69, 9.17) is 15.2 Å². The van der Waals surface area contributed by atoms with Gasteiger partial charge >= 0.3 is 18.0 Å². The topological polar surface area (TPSA) is 119 Å². The zero-order valence-corrected chi connectivity index (χ0v) is 15.8. The number of hydrogen-bond acceptors (Lipinski definition) is 6. The number of carbonyl (C=O) groups excluding carboxylic acids is 2. The van der Waals surface area contributed by atoms with E-state index in [-0.39, 0.29) is 19.6 Å². The Morgan fingerprint density at radius 3 is 2.44 bits per heavy atom. The van der Waals surface area contributed by atoms with Gasteiger partial charge in [0.25, 0.3) is 0 Å². The monoisotopic (exact) mass is 378 g/mol. The fraction of sp³-hybridized carbons (Fsp3) is 0.526. The van der Waals surface area contributed by atoms with Crippen molar-refractivity contribution in [2.75, 3.05) is 6.54 Å². The maximum atomic E-state index is 12.7. The summed E-state index contributed by atoms with van der Waals surface area (Å²) in [6.07, 6.45) is -1.87. The maximum absolute atomic E-state index is 12.7. The highest BCUT2D eigenvalue weighted by molar-refractivity contribution is 6.00. The average Bonchev–Trinajstić information content (AvgIpc) is 2.59. The van der Waals surface area contributed by atoms with Crippen molar-refractivity contribution in [2.24, 2.45) is 11.1 Å². The predicted molar refractivity (Wildman–Crippen MR) is 96.5 cm³/mol. The molecule has 0 spiro atoms. The van der Waals surface area contributed by atoms with Gasteiger partial charge in [-0.3, -0.25) is 14.5 Å². The number of nitrogens with two attached hydrogens (primary N) is 1. The fourth-order valence-corrected chi connectivity index (χ4v) is 3.00. The van der Waals surface area contributed by atoms with Crippen LogP contribution in [0.2, 0.25) is 0 Å². The number of likely N-dealkylation sites (tertiary alicyclic amines) is 1. The fourth-order valence-electron chi connectivity index (χ4n) is 3.00. The van der Waals surface area contributed by atoms with Crippen molar-refractivity contribution in [3.05, 3.63) is 35.9 Å². The Hall–Kier alpha value is -2.61. The molecule has 8 heteroatoms. The third kappa shape index (κ3) is 4.57. The number of ether oxygens (including phenoxy) is 2. The summed E-state index contributed by atoms with van der Waals surface area (Å²) >= 11 is 0. The quantitative estimate of drug-likeness (QED) is 0.608. The minimum atomic E-state index is -2.04. The summed E-state index contributed by atoms with van der Waals surface area (Å²) in [5.74, 6) is -2.37. The molecule has 1 aliphatic rings. The lowest BCUT2D eigenvalue weighted by Crippen LogP contribution is -2.65. The summed E-state index contributed by atoms with van der Waals surface area (Å²) in [6.45, 7) is 5.21. The van der Waals surface area contributed by atoms with Crippen LogP contribution in [0.25, 0.3) is 0 Å². The Kier molecular flexibility index (Phi) is 6.10. The van der Waals surface area contributed by atoms with Gasteiger partial charge in [-0.2, -0.15) is 0 Å². The molecule has 27 heavy (non-hydrogen) atoms. The number of carboxylic acids is 1. The van der Waals surface area contributed by atoms with E-state index in [1.54, 1.807) is 45.0 Å². The standard InChI is InChI=1S/C19H26N2O6/c1-18(2,3)27-17(25)21-11-7-10-19(14(21)20,15(22)23)16(24)26-12-13-8-5-4-6-9-13/h4-6,8-9,14H,7,10-12,20H2,1-3H3,(H,22,23)/t14-,19-/m1/s1. The third-order valence-electron chi connectivity index (χ3n) is 4.40. The van der Waals surface area contributed by atoms with Crippen LogP contribution in [0, 0.1) is 5.41 Å². The zero-order chi connectivity index (χ0) is 20.2. The number of piperidine rings is 1. The Labute approximate surface area is 158 Å². The Morgan fingerprint density at radius 1 is 1.26 bits per heavy atom. The van der Waals surface area contributed by atoms with Crippen LogP contribution in [-0.2, 0) is 25.7 Å². The molecular formula is C19H26N2O6. The second-order valence-electron chi connectivity index (χ2n) is 7.56. The van der Waals surface area contributed by atoms with Crippen molar-refractivity contribution in [2.45, 2.75) is 52.0 Å². The highest BCUT2D eigenvalue weighted by atomic mass is 16.6. The van der Waals surface area contributed by atoms with Gasteiger partial charge in [-0.1, -0.05) is 30.3 Å². The van der Waals surface area contributed by atoms with Crippen molar-refractivity contribution >= 4 is 18.0 Å². The number of carboxylic acid groups (broad SMARTS) is 1. The lowest BCUT2D eigenvalue weighted by atomic mass is 9.77. The van der Waals surface area contributed by atoms with Crippen molar-refractivity contribution in [1.29, 1.82) is 0 Å². The third-order valence-corrected chi connectivity index (χ3v) is 4.40. The normalized spacial score (nSPS) is 22.8. The first-order chi connectivity index (χ1) is 12.6. The van der Waals surface area contributed by atoms with Crippen LogP contribution >= 0.6 is 0 Å². The number of esters is 1. The number of hydrogen-bond donors (Lipinski definition) is 2. The zero-order valence-electron chi connectivity index (χ0n) is 15.8. The first-order valence-corrected chi connectivity index (χ1v) is 8.77. The molecule has 1 saturated heterocycles. The van der Waals surface area contributed by atoms with Crippen LogP contribution < -0.4 is 5.73 Å². The number of benzene rings is 1. The van der Waals surface area contributed by atoms with Gasteiger partial charge in [-0.05, 0) is 39.2 Å². The molecule has 0 radical (unpaired) electrons. The van der Waals surface area contributed by atoms with Crippen LogP contribution in [0.15, 0.2) is 30.3 Å². The van der Waals surface area contributed by atoms with E-state index >= 15 is 0 Å². The molecule has 148 valence electrons. The maximum Gasteiger partial charge on any atom is 0.411 e. The second-order valence-corrected chi connectivity index (χ2v) is 7.56. The first-order valence-electron chi connectivity index (χ1n) is 8.77. The smallest absolute Gasteiger partial charge is 0.411 e. The predicted octanol–water partition coefficient (Wildman–Crippen LogP) is 2.12. The minimum absolute atomic E-state index is 0.0174. The number of amides is 1. The highest BCUT2D eigenvalue weighted by Gasteiger charge is 2.58. The Balaban J connectivity index is 2.21. The SMILES string of the molecule is CC(C)(C)OC(=O)N1CCC[C@@](C(=O)O)(C(=O)OCc2ccccc2)[C@@H]1N. The molecule has 3 N–H and O–H groups in total. The molecule has 0 aliphatic carbocycles. The summed E-state index contributed by atoms with van der Waals surface area (Å²) < 4.78 is 10.5. The molecule has 0 unspecified atom stereocenters. The summed E-state index contributed by atoms with van der Waals surface area (Å²) in [5, 5.41) is 9.80. The molecule has 1 amide bonds. The van der Waals surface area contributed by atoms with Gasteiger partial charge in [0.15, 0.2) is 5.41 Å². The van der Waals surface area contributed by atoms with Gasteiger partial charge in [-0.15, -0.1) is 0 Å². The van der Waals surface area contributed by atoms with Crippen LogP contribution in [-0.4, -0.2) is 46.3 Å². The Morgan fingerprint density at radius 2 is 1.89 bits per heavy atom. The summed E-state index contributed by atoms with van der Waals surface area (Å²) in [6, 6.07) is 8.91. The lowest BCUT2D eigenvalue weighted by molar-refractivity contribution is -0.178. The molecule has 8 nitrogen and oxygen atoms in total. The van der Waals surface area contributed by atoms with Gasteiger partial charge in [0, 0.05) is 6.54 Å². The van der Waals surface area contributed by atoms with Gasteiger partial charge in [-0.25, -0.2) is 4.79 Å². The van der Waals surface area contributed by atoms with Crippen LogP contribution in [0.5, 0.6) is 0 Å². The van der Waals surface area contributed by atoms with Crippen molar-refractivity contribution in [3.63, 3.8) is 0 Å². The van der Waals surface area contributed by atoms with E-state index in [1.807, 2.05) is 6.07 Å². The Bertz CT molecular complexity index is 700. The molecule has 1 aromatic rings. The van der Waals surface area contributed by atoms with Crippen LogP contribution in [0.4, 0.5) is 4.79 Å². The summed E-state index contributed by atoms with van der Waals surface area (Å²) in [7, 11) is 0. The molecule has 0 saturated carbocycles. The van der Waals surface area contributed by atoms with Crippen molar-refractivity contribution in [1.82, 2.24) is 4.90 Å². The van der Waals surface area contributed by atoms with E-state index in [1.165, 1.54) is 0 Å². The second kappa shape index (κ2) is 7.96. The van der Waals surface area contributed by atoms with E-state index < -0.39 is 35.2 Å². The van der Waals surface area contributed by atoms with Gasteiger partial charge < -0.3 is 20.3 Å². The molecule has 0 bridgehead atoms. The largest absolute Gasteiger partial charge is 0.480 e. The van der Waals surface area contributed by atoms with Crippen LogP contribution in [0.1, 0.15) is 39.2 Å². The van der Waals surface area contributed by atoms with Crippen LogP contribution in [0.3, 0.4) is 0 Å². The van der Waals surface area contributed by atoms with Crippen molar-refractivity contribution in [3.8, 4) is 0 Å². The molecule has 2 rings (SSSR count). The van der Waals surface area contributed by atoms with Gasteiger partial charge in [0.1, 0.15) is 18.4 Å². The van der Waals surface area contributed by atoms with E-state index in [9.17, 15) is 19.5 Å². The molecule has 1 heterocycles. The summed E-state index contributed by atoms with van der Waals surface area (Å²) in [5.41, 5.74) is 4.01. The van der Waals surface area contributed by atoms with E-state index in [0.717, 1.165) is 10.5 Å². The number of aliphatic carboxylic acids is 1. The molecule has 1 aliphatic heterocycles. The molecular weight excluding hydrogens is 352 g/mol. The van der Waals surface area contributed by atoms with Crippen molar-refractivity contribution < 1.29 is 29.0 Å². The summed E-state index contributed by atoms with van der Waals surface area (Å²) in [4.78, 5) is 38.3. The minimum Gasteiger partial charge on any atom is -0.480 e. The molecule has 1 aromatic carbocycles. The lowest BCUT2D eigenvalue weighted by Gasteiger charge is -2.43.